The lowest BCUT2D eigenvalue weighted by Gasteiger charge is -2.22. The first-order valence-electron chi connectivity index (χ1n) is 13.8. The number of aromatic nitrogens is 1. The zero-order valence-corrected chi connectivity index (χ0v) is 24.8. The van der Waals surface area contributed by atoms with Crippen LogP contribution in [0.4, 0.5) is 8.78 Å². The van der Waals surface area contributed by atoms with Gasteiger partial charge < -0.3 is 18.9 Å². The summed E-state index contributed by atoms with van der Waals surface area (Å²) in [5.41, 5.74) is 1.93. The SMILES string of the molecule is O=Cc1cccc(C(=O)O[C@@H](Cc2c(Cl)c[nH+]cc2Cl)c2ccc(OC(F)F)c(OCC3CC3)c2)c1OCc1ccccc1. The number of hydrogen-bond donors (Lipinski definition) is 0. The van der Waals surface area contributed by atoms with Crippen LogP contribution < -0.4 is 19.2 Å². The standard InChI is InChI=1S/C33H27Cl2F2NO6/c34-26-15-38-16-27(35)25(26)14-29(22-11-12-28(44-33(36)37)30(13-22)41-18-21-9-10-21)43-32(40)24-8-4-7-23(17-39)31(24)42-19-20-5-2-1-3-6-20/h1-8,11-13,15-17,21,29,33H,9-10,14,18-19H2/p+1/t29-/m0/s1. The summed E-state index contributed by atoms with van der Waals surface area (Å²) in [7, 11) is 0. The average molecular weight is 643 g/mol. The maximum atomic E-state index is 13.8. The Morgan fingerprint density at radius 1 is 0.955 bits per heavy atom. The van der Waals surface area contributed by atoms with Crippen LogP contribution in [0.5, 0.6) is 17.2 Å². The normalized spacial score (nSPS) is 13.3. The highest BCUT2D eigenvalue weighted by atomic mass is 35.5. The Balaban J connectivity index is 1.49. The van der Waals surface area contributed by atoms with Crippen LogP contribution in [0.2, 0.25) is 10.0 Å². The largest absolute Gasteiger partial charge is 0.489 e. The highest BCUT2D eigenvalue weighted by Crippen LogP contribution is 2.38. The summed E-state index contributed by atoms with van der Waals surface area (Å²) in [5, 5.41) is 0.604. The third-order valence-electron chi connectivity index (χ3n) is 6.98. The van der Waals surface area contributed by atoms with E-state index in [-0.39, 0.29) is 41.4 Å². The van der Waals surface area contributed by atoms with E-state index in [2.05, 4.69) is 9.72 Å². The summed E-state index contributed by atoms with van der Waals surface area (Å²) in [4.78, 5) is 28.5. The zero-order chi connectivity index (χ0) is 31.1. The number of carbonyl (C=O) groups is 2. The minimum atomic E-state index is -3.06. The van der Waals surface area contributed by atoms with Crippen molar-refractivity contribution in [3.63, 3.8) is 0 Å². The predicted octanol–water partition coefficient (Wildman–Crippen LogP) is 7.73. The van der Waals surface area contributed by atoms with Gasteiger partial charge in [-0.15, -0.1) is 0 Å². The summed E-state index contributed by atoms with van der Waals surface area (Å²) in [6.07, 6.45) is 4.67. The second-order valence-electron chi connectivity index (χ2n) is 10.2. The molecule has 1 aliphatic rings. The van der Waals surface area contributed by atoms with Crippen LogP contribution in [0.1, 0.15) is 56.4 Å². The number of ether oxygens (including phenoxy) is 4. The molecule has 7 nitrogen and oxygen atoms in total. The number of rotatable bonds is 14. The van der Waals surface area contributed by atoms with Gasteiger partial charge in [-0.3, -0.25) is 4.79 Å². The Morgan fingerprint density at radius 2 is 1.70 bits per heavy atom. The molecule has 0 amide bonds. The highest BCUT2D eigenvalue weighted by molar-refractivity contribution is 6.35. The van der Waals surface area contributed by atoms with Crippen LogP contribution >= 0.6 is 23.2 Å². The molecule has 0 aliphatic heterocycles. The zero-order valence-electron chi connectivity index (χ0n) is 23.3. The van der Waals surface area contributed by atoms with Gasteiger partial charge in [0, 0.05) is 12.0 Å². The number of aromatic amines is 1. The molecule has 11 heteroatoms. The van der Waals surface area contributed by atoms with E-state index in [4.69, 9.17) is 37.4 Å². The second-order valence-corrected chi connectivity index (χ2v) is 11.0. The minimum Gasteiger partial charge on any atom is -0.489 e. The van der Waals surface area contributed by atoms with Gasteiger partial charge in [0.05, 0.1) is 12.2 Å². The molecule has 1 aromatic heterocycles. The Morgan fingerprint density at radius 3 is 2.39 bits per heavy atom. The van der Waals surface area contributed by atoms with E-state index in [9.17, 15) is 18.4 Å². The number of carbonyl (C=O) groups excluding carboxylic acids is 2. The number of esters is 1. The van der Waals surface area contributed by atoms with Crippen LogP contribution in [0.15, 0.2) is 79.1 Å². The number of alkyl halides is 2. The molecule has 0 saturated heterocycles. The molecule has 3 aromatic carbocycles. The van der Waals surface area contributed by atoms with E-state index >= 15 is 0 Å². The van der Waals surface area contributed by atoms with Crippen molar-refractivity contribution in [2.45, 2.75) is 38.6 Å². The molecule has 1 N–H and O–H groups in total. The van der Waals surface area contributed by atoms with Gasteiger partial charge >= 0.3 is 12.6 Å². The topological polar surface area (TPSA) is 85.2 Å². The van der Waals surface area contributed by atoms with E-state index < -0.39 is 18.7 Å². The Bertz CT molecular complexity index is 1600. The molecule has 44 heavy (non-hydrogen) atoms. The van der Waals surface area contributed by atoms with Crippen LogP contribution in [0.25, 0.3) is 0 Å². The molecule has 5 rings (SSSR count). The maximum Gasteiger partial charge on any atom is 0.387 e. The molecule has 228 valence electrons. The van der Waals surface area contributed by atoms with Gasteiger partial charge in [-0.25, -0.2) is 9.78 Å². The number of pyridine rings is 1. The van der Waals surface area contributed by atoms with Crippen LogP contribution in [0, 0.1) is 5.92 Å². The molecular weight excluding hydrogens is 615 g/mol. The number of hydrogen-bond acceptors (Lipinski definition) is 6. The summed E-state index contributed by atoms with van der Waals surface area (Å²) in [5.74, 6) is -0.442. The number of halogens is 4. The first-order chi connectivity index (χ1) is 21.3. The molecule has 0 unspecified atom stereocenters. The second kappa shape index (κ2) is 14.5. The maximum absolute atomic E-state index is 13.8. The van der Waals surface area contributed by atoms with Gasteiger partial charge in [0.15, 0.2) is 30.2 Å². The van der Waals surface area contributed by atoms with Gasteiger partial charge in [-0.1, -0.05) is 65.7 Å². The van der Waals surface area contributed by atoms with E-state index in [1.165, 1.54) is 42.7 Å². The van der Waals surface area contributed by atoms with Crippen molar-refractivity contribution < 1.29 is 42.3 Å². The van der Waals surface area contributed by atoms with E-state index in [0.717, 1.165) is 18.4 Å². The van der Waals surface area contributed by atoms with Crippen LogP contribution in [-0.2, 0) is 17.8 Å². The first kappa shape index (κ1) is 31.2. The molecule has 1 heterocycles. The molecule has 0 bridgehead atoms. The van der Waals surface area contributed by atoms with Crippen molar-refractivity contribution in [3.05, 3.63) is 117 Å². The fraction of sp³-hybridized carbons (Fsp3) is 0.242. The lowest BCUT2D eigenvalue weighted by Crippen LogP contribution is -2.17. The van der Waals surface area contributed by atoms with Crippen molar-refractivity contribution in [2.75, 3.05) is 6.61 Å². The van der Waals surface area contributed by atoms with Crippen LogP contribution in [0.3, 0.4) is 0 Å². The quantitative estimate of drug-likeness (QED) is 0.103. The molecule has 1 saturated carbocycles. The van der Waals surface area contributed by atoms with Crippen LogP contribution in [-0.4, -0.2) is 25.5 Å². The number of H-pyrrole nitrogens is 1. The number of nitrogens with one attached hydrogen (secondary N) is 1. The summed E-state index contributed by atoms with van der Waals surface area (Å²) in [6.45, 7) is -2.62. The Kier molecular flexibility index (Phi) is 10.3. The van der Waals surface area contributed by atoms with Gasteiger partial charge in [0.25, 0.3) is 0 Å². The van der Waals surface area contributed by atoms with Gasteiger partial charge in [0.1, 0.15) is 34.1 Å². The van der Waals surface area contributed by atoms with Gasteiger partial charge in [-0.05, 0) is 54.2 Å². The summed E-state index contributed by atoms with van der Waals surface area (Å²) in [6, 6.07) is 18.2. The van der Waals surface area contributed by atoms with Gasteiger partial charge in [0.2, 0.25) is 0 Å². The van der Waals surface area contributed by atoms with E-state index in [1.54, 1.807) is 6.07 Å². The molecule has 1 fully saturated rings. The number of aldehydes is 1. The number of benzene rings is 3. The Labute approximate surface area is 262 Å². The van der Waals surface area contributed by atoms with Crippen molar-refractivity contribution in [2.24, 2.45) is 5.92 Å². The predicted molar refractivity (Wildman–Crippen MR) is 159 cm³/mol. The molecule has 0 radical (unpaired) electrons. The van der Waals surface area contributed by atoms with E-state index in [1.807, 2.05) is 30.3 Å². The first-order valence-corrected chi connectivity index (χ1v) is 14.6. The third-order valence-corrected chi connectivity index (χ3v) is 7.66. The smallest absolute Gasteiger partial charge is 0.387 e. The fourth-order valence-corrected chi connectivity index (χ4v) is 5.03. The summed E-state index contributed by atoms with van der Waals surface area (Å²) < 4.78 is 48.8. The van der Waals surface area contributed by atoms with Crippen molar-refractivity contribution in [1.82, 2.24) is 0 Å². The molecule has 0 spiro atoms. The molecular formula is C33H28Cl2F2NO6+. The Hall–Kier alpha value is -4.21. The third kappa shape index (κ3) is 8.03. The monoisotopic (exact) mass is 642 g/mol. The van der Waals surface area contributed by atoms with Crippen molar-refractivity contribution >= 4 is 35.5 Å². The minimum absolute atomic E-state index is 0.0250. The van der Waals surface area contributed by atoms with Gasteiger partial charge in [-0.2, -0.15) is 8.78 Å². The highest BCUT2D eigenvalue weighted by Gasteiger charge is 2.28. The molecule has 4 aromatic rings. The van der Waals surface area contributed by atoms with Crippen molar-refractivity contribution in [1.29, 1.82) is 0 Å². The van der Waals surface area contributed by atoms with E-state index in [0.29, 0.717) is 40.0 Å². The van der Waals surface area contributed by atoms with Crippen molar-refractivity contribution in [3.8, 4) is 17.2 Å². The molecule has 1 atom stereocenters. The summed E-state index contributed by atoms with van der Waals surface area (Å²) >= 11 is 12.9. The molecule has 1 aliphatic carbocycles. The lowest BCUT2D eigenvalue weighted by atomic mass is 10.0. The lowest BCUT2D eigenvalue weighted by molar-refractivity contribution is -0.377. The fourth-order valence-electron chi connectivity index (χ4n) is 4.50. The number of para-hydroxylation sites is 1. The average Bonchev–Trinajstić information content (AvgIpc) is 3.85.